The lowest BCUT2D eigenvalue weighted by Gasteiger charge is -2.11. The first-order valence-corrected chi connectivity index (χ1v) is 12.2. The lowest BCUT2D eigenvalue weighted by molar-refractivity contribution is -0.129. The monoisotopic (exact) mass is 505 g/mol. The fourth-order valence-electron chi connectivity index (χ4n) is 4.07. The number of rotatable bonds is 10. The smallest absolute Gasteiger partial charge is 0.337 e. The minimum atomic E-state index is -0.432. The number of aromatic nitrogens is 1. The number of amides is 2. The van der Waals surface area contributed by atoms with Gasteiger partial charge in [-0.3, -0.25) is 9.59 Å². The van der Waals surface area contributed by atoms with Gasteiger partial charge in [-0.05, 0) is 60.4 Å². The average molecular weight is 506 g/mol. The molecule has 37 heavy (non-hydrogen) atoms. The van der Waals surface area contributed by atoms with Crippen LogP contribution in [0.2, 0.25) is 0 Å². The predicted octanol–water partition coefficient (Wildman–Crippen LogP) is 4.05. The zero-order valence-electron chi connectivity index (χ0n) is 22.4. The van der Waals surface area contributed by atoms with Crippen molar-refractivity contribution in [1.82, 2.24) is 14.8 Å². The highest BCUT2D eigenvalue weighted by atomic mass is 16.5. The van der Waals surface area contributed by atoms with E-state index in [0.29, 0.717) is 29.9 Å². The number of likely N-dealkylation sites (N-methyl/N-ethyl adjacent to an activating group) is 1. The lowest BCUT2D eigenvalue weighted by atomic mass is 10.00. The van der Waals surface area contributed by atoms with Crippen molar-refractivity contribution in [2.45, 2.75) is 33.2 Å². The van der Waals surface area contributed by atoms with E-state index in [1.165, 1.54) is 7.11 Å². The van der Waals surface area contributed by atoms with Crippen molar-refractivity contribution >= 4 is 34.8 Å². The van der Waals surface area contributed by atoms with E-state index in [9.17, 15) is 14.4 Å². The molecule has 8 heteroatoms. The summed E-state index contributed by atoms with van der Waals surface area (Å²) < 4.78 is 12.3. The van der Waals surface area contributed by atoms with Gasteiger partial charge in [0, 0.05) is 49.7 Å². The Hall–Kier alpha value is -4.07. The van der Waals surface area contributed by atoms with Crippen LogP contribution >= 0.6 is 0 Å². The van der Waals surface area contributed by atoms with Crippen LogP contribution in [0.15, 0.2) is 48.2 Å². The summed E-state index contributed by atoms with van der Waals surface area (Å²) >= 11 is 0. The van der Waals surface area contributed by atoms with Gasteiger partial charge in [0.15, 0.2) is 0 Å². The Bertz CT molecular complexity index is 1340. The number of carbonyl (C=O) groups is 3. The molecule has 0 spiro atoms. The molecule has 0 bridgehead atoms. The van der Waals surface area contributed by atoms with E-state index in [2.05, 4.69) is 5.32 Å². The van der Waals surface area contributed by atoms with Crippen molar-refractivity contribution in [3.8, 4) is 5.75 Å². The first-order valence-electron chi connectivity index (χ1n) is 12.2. The van der Waals surface area contributed by atoms with Gasteiger partial charge in [-0.15, -0.1) is 0 Å². The number of hydrogen-bond donors (Lipinski definition) is 1. The van der Waals surface area contributed by atoms with Crippen molar-refractivity contribution in [2.75, 3.05) is 34.9 Å². The van der Waals surface area contributed by atoms with E-state index < -0.39 is 5.97 Å². The quantitative estimate of drug-likeness (QED) is 0.332. The molecule has 2 amide bonds. The van der Waals surface area contributed by atoms with Gasteiger partial charge in [0.25, 0.3) is 0 Å². The molecule has 1 heterocycles. The van der Waals surface area contributed by atoms with Gasteiger partial charge in [0.05, 0.1) is 19.8 Å². The molecule has 0 aliphatic heterocycles. The number of fused-ring (bicyclic) bond motifs is 1. The summed E-state index contributed by atoms with van der Waals surface area (Å²) in [5.41, 5.74) is 4.73. The molecule has 0 aliphatic carbocycles. The highest BCUT2D eigenvalue weighted by Gasteiger charge is 2.16. The van der Waals surface area contributed by atoms with Crippen LogP contribution in [-0.2, 0) is 27.3 Å². The summed E-state index contributed by atoms with van der Waals surface area (Å²) in [4.78, 5) is 38.4. The highest BCUT2D eigenvalue weighted by molar-refractivity contribution is 5.98. The Morgan fingerprint density at radius 2 is 1.81 bits per heavy atom. The van der Waals surface area contributed by atoms with Crippen LogP contribution in [0.1, 0.15) is 47.3 Å². The fraction of sp³-hybridized carbons (Fsp3) is 0.345. The molecule has 1 N–H and O–H groups in total. The molecule has 0 unspecified atom stereocenters. The molecule has 1 aromatic heterocycles. The van der Waals surface area contributed by atoms with Crippen LogP contribution in [-0.4, -0.2) is 62.1 Å². The van der Waals surface area contributed by atoms with Crippen LogP contribution < -0.4 is 10.1 Å². The van der Waals surface area contributed by atoms with Crippen LogP contribution in [0.3, 0.4) is 0 Å². The fourth-order valence-corrected chi connectivity index (χ4v) is 4.07. The number of benzene rings is 2. The summed E-state index contributed by atoms with van der Waals surface area (Å²) in [6, 6.07) is 11.2. The van der Waals surface area contributed by atoms with Crippen LogP contribution in [0.25, 0.3) is 17.0 Å². The maximum atomic E-state index is 12.5. The van der Waals surface area contributed by atoms with E-state index in [0.717, 1.165) is 34.0 Å². The Labute approximate surface area is 217 Å². The van der Waals surface area contributed by atoms with Gasteiger partial charge < -0.3 is 24.3 Å². The van der Waals surface area contributed by atoms with Crippen molar-refractivity contribution in [3.05, 3.63) is 70.4 Å². The van der Waals surface area contributed by atoms with Crippen molar-refractivity contribution in [1.29, 1.82) is 0 Å². The molecule has 0 fully saturated rings. The normalized spacial score (nSPS) is 11.4. The molecule has 0 radical (unpaired) electrons. The molecule has 3 aromatic rings. The summed E-state index contributed by atoms with van der Waals surface area (Å²) in [6.07, 6.45) is 5.24. The number of methoxy groups -OCH3 is 2. The molecular weight excluding hydrogens is 470 g/mol. The van der Waals surface area contributed by atoms with Gasteiger partial charge in [-0.25, -0.2) is 4.79 Å². The van der Waals surface area contributed by atoms with Gasteiger partial charge in [-0.1, -0.05) is 19.1 Å². The van der Waals surface area contributed by atoms with Gasteiger partial charge in [0.1, 0.15) is 12.3 Å². The third-order valence-electron chi connectivity index (χ3n) is 6.16. The lowest BCUT2D eigenvalue weighted by Crippen LogP contribution is -2.25. The SMILES string of the molecule is CCCNC(=O)C(C)=Cc1ccc2c(c1)c(Cc1ccc(C(=O)OC)cc1OC)cn2CC(=O)N(C)C. The molecule has 196 valence electrons. The zero-order valence-corrected chi connectivity index (χ0v) is 22.4. The molecule has 3 rings (SSSR count). The summed E-state index contributed by atoms with van der Waals surface area (Å²) in [5, 5.41) is 3.87. The number of hydrogen-bond acceptors (Lipinski definition) is 5. The van der Waals surface area contributed by atoms with Crippen LogP contribution in [0.4, 0.5) is 0 Å². The highest BCUT2D eigenvalue weighted by Crippen LogP contribution is 2.30. The van der Waals surface area contributed by atoms with Gasteiger partial charge in [0.2, 0.25) is 11.8 Å². The molecule has 0 aliphatic rings. The van der Waals surface area contributed by atoms with Crippen LogP contribution in [0, 0.1) is 0 Å². The second-order valence-corrected chi connectivity index (χ2v) is 9.13. The van der Waals surface area contributed by atoms with Crippen molar-refractivity contribution < 1.29 is 23.9 Å². The summed E-state index contributed by atoms with van der Waals surface area (Å²) in [6.45, 7) is 4.64. The summed E-state index contributed by atoms with van der Waals surface area (Å²) in [7, 11) is 6.37. The maximum absolute atomic E-state index is 12.5. The minimum absolute atomic E-state index is 0.0177. The molecule has 2 aromatic carbocycles. The number of esters is 1. The van der Waals surface area contributed by atoms with Gasteiger partial charge >= 0.3 is 5.97 Å². The third-order valence-corrected chi connectivity index (χ3v) is 6.16. The zero-order chi connectivity index (χ0) is 27.1. The number of ether oxygens (including phenoxy) is 2. The van der Waals surface area contributed by atoms with E-state index in [4.69, 9.17) is 9.47 Å². The van der Waals surface area contributed by atoms with Crippen molar-refractivity contribution in [3.63, 3.8) is 0 Å². The Morgan fingerprint density at radius 1 is 1.05 bits per heavy atom. The van der Waals surface area contributed by atoms with E-state index >= 15 is 0 Å². The largest absolute Gasteiger partial charge is 0.496 e. The third kappa shape index (κ3) is 6.58. The number of carbonyl (C=O) groups excluding carboxylic acids is 3. The molecule has 0 saturated carbocycles. The van der Waals surface area contributed by atoms with Gasteiger partial charge in [-0.2, -0.15) is 0 Å². The molecule has 8 nitrogen and oxygen atoms in total. The topological polar surface area (TPSA) is 89.9 Å². The molecule has 0 atom stereocenters. The first kappa shape index (κ1) is 27.5. The second-order valence-electron chi connectivity index (χ2n) is 9.13. The Kier molecular flexibility index (Phi) is 9.11. The first-order chi connectivity index (χ1) is 17.7. The molecular formula is C29H35N3O5. The number of nitrogens with zero attached hydrogens (tertiary/aromatic N) is 2. The molecule has 0 saturated heterocycles. The Balaban J connectivity index is 2.06. The number of nitrogens with one attached hydrogen (secondary N) is 1. The maximum Gasteiger partial charge on any atom is 0.337 e. The van der Waals surface area contributed by atoms with E-state index in [-0.39, 0.29) is 18.4 Å². The van der Waals surface area contributed by atoms with E-state index in [1.54, 1.807) is 45.2 Å². The standard InChI is InChI=1S/C29H35N3O5/c1-7-12-30-28(34)19(2)13-20-8-11-25-24(14-20)23(17-32(25)18-27(33)31(3)4)15-21-9-10-22(29(35)37-6)16-26(21)36-5/h8-11,13-14,16-17H,7,12,15,18H2,1-6H3,(H,30,34). The average Bonchev–Trinajstić information content (AvgIpc) is 3.22. The predicted molar refractivity (Wildman–Crippen MR) is 145 cm³/mol. The minimum Gasteiger partial charge on any atom is -0.496 e. The second kappa shape index (κ2) is 12.3. The van der Waals surface area contributed by atoms with Crippen LogP contribution in [0.5, 0.6) is 5.75 Å². The Morgan fingerprint density at radius 3 is 2.46 bits per heavy atom. The van der Waals surface area contributed by atoms with Crippen molar-refractivity contribution in [2.24, 2.45) is 0 Å². The summed E-state index contributed by atoms with van der Waals surface area (Å²) in [5.74, 6) is 0.0358. The van der Waals surface area contributed by atoms with E-state index in [1.807, 2.05) is 48.0 Å².